The zero-order chi connectivity index (χ0) is 24.2. The molecule has 1 aromatic carbocycles. The Bertz CT molecular complexity index is 1150. The van der Waals surface area contributed by atoms with Crippen LogP contribution in [0.25, 0.3) is 11.1 Å². The van der Waals surface area contributed by atoms with E-state index in [1.165, 1.54) is 11.1 Å². The van der Waals surface area contributed by atoms with Crippen molar-refractivity contribution < 1.29 is 4.74 Å². The highest BCUT2D eigenvalue weighted by molar-refractivity contribution is 5.82. The summed E-state index contributed by atoms with van der Waals surface area (Å²) in [7, 11) is 0. The molecule has 2 aliphatic heterocycles. The van der Waals surface area contributed by atoms with Gasteiger partial charge in [-0.2, -0.15) is 0 Å². The number of aliphatic imine (C=N–C) groups is 1. The number of fused-ring (bicyclic) bond motifs is 1. The average molecular weight is 461 g/mol. The Morgan fingerprint density at radius 2 is 2.06 bits per heavy atom. The standard InChI is InChI=1S/C27H36N6O/c1-7-17(3)30-24-14-22(15-29-19(24)5)21-9-10-25-23(13-21)16-33(11-12-34-25)27-18(4)26(28-8-2)31-20(6)32-27/h7,9-10,13-15,27-28,30H,8,11-12,16H2,1-6H3,(H,31,32)/b17-7-. The number of aryl methyl sites for hydroxylation is 1. The van der Waals surface area contributed by atoms with Crippen molar-refractivity contribution in [3.05, 3.63) is 64.9 Å². The summed E-state index contributed by atoms with van der Waals surface area (Å²) in [5.41, 5.74) is 7.68. The highest BCUT2D eigenvalue weighted by Crippen LogP contribution is 2.32. The van der Waals surface area contributed by atoms with Gasteiger partial charge in [0.05, 0.1) is 11.4 Å². The number of amidine groups is 1. The average Bonchev–Trinajstić information content (AvgIpc) is 3.04. The van der Waals surface area contributed by atoms with Gasteiger partial charge in [-0.25, -0.2) is 4.99 Å². The lowest BCUT2D eigenvalue weighted by molar-refractivity contribution is 0.189. The van der Waals surface area contributed by atoms with E-state index in [1.54, 1.807) is 0 Å². The zero-order valence-electron chi connectivity index (χ0n) is 21.1. The first-order chi connectivity index (χ1) is 16.4. The molecule has 2 aromatic rings. The van der Waals surface area contributed by atoms with Crippen LogP contribution in [-0.2, 0) is 6.54 Å². The van der Waals surface area contributed by atoms with Crippen LogP contribution in [0.3, 0.4) is 0 Å². The van der Waals surface area contributed by atoms with Crippen molar-refractivity contribution in [1.29, 1.82) is 0 Å². The summed E-state index contributed by atoms with van der Waals surface area (Å²) in [5.74, 6) is 2.92. The van der Waals surface area contributed by atoms with Gasteiger partial charge in [0.2, 0.25) is 0 Å². The third-order valence-electron chi connectivity index (χ3n) is 6.36. The molecule has 0 amide bonds. The molecule has 1 atom stereocenters. The minimum absolute atomic E-state index is 0.0193. The van der Waals surface area contributed by atoms with E-state index in [4.69, 9.17) is 9.73 Å². The molecule has 0 saturated carbocycles. The van der Waals surface area contributed by atoms with Crippen LogP contribution in [0.4, 0.5) is 5.69 Å². The lowest BCUT2D eigenvalue weighted by atomic mass is 10.0. The first kappa shape index (κ1) is 23.8. The minimum atomic E-state index is -0.0193. The summed E-state index contributed by atoms with van der Waals surface area (Å²) in [4.78, 5) is 12.0. The highest BCUT2D eigenvalue weighted by Gasteiger charge is 2.28. The van der Waals surface area contributed by atoms with Gasteiger partial charge >= 0.3 is 0 Å². The van der Waals surface area contributed by atoms with Crippen molar-refractivity contribution in [3.8, 4) is 16.9 Å². The maximum atomic E-state index is 6.13. The lowest BCUT2D eigenvalue weighted by Gasteiger charge is -2.33. The number of hydrogen-bond acceptors (Lipinski definition) is 7. The quantitative estimate of drug-likeness (QED) is 0.576. The van der Waals surface area contributed by atoms with Crippen LogP contribution in [-0.4, -0.2) is 41.6 Å². The molecule has 1 aromatic heterocycles. The molecule has 3 N–H and O–H groups in total. The fraction of sp³-hybridized carbons (Fsp3) is 0.407. The summed E-state index contributed by atoms with van der Waals surface area (Å²) in [5, 5.41) is 10.3. The molecular weight excluding hydrogens is 424 g/mol. The number of anilines is 1. The Morgan fingerprint density at radius 1 is 1.24 bits per heavy atom. The van der Waals surface area contributed by atoms with E-state index in [-0.39, 0.29) is 6.17 Å². The molecule has 0 fully saturated rings. The lowest BCUT2D eigenvalue weighted by Crippen LogP contribution is -2.44. The van der Waals surface area contributed by atoms with Crippen molar-refractivity contribution in [1.82, 2.24) is 20.5 Å². The second-order valence-electron chi connectivity index (χ2n) is 8.90. The van der Waals surface area contributed by atoms with Crippen molar-refractivity contribution >= 4 is 11.5 Å². The number of nitrogens with one attached hydrogen (secondary N) is 3. The van der Waals surface area contributed by atoms with Crippen LogP contribution in [0.15, 0.2) is 58.6 Å². The van der Waals surface area contributed by atoms with Gasteiger partial charge in [-0.3, -0.25) is 9.88 Å². The molecule has 0 saturated heterocycles. The molecule has 34 heavy (non-hydrogen) atoms. The molecule has 180 valence electrons. The molecule has 2 aliphatic rings. The smallest absolute Gasteiger partial charge is 0.129 e. The second-order valence-corrected chi connectivity index (χ2v) is 8.90. The van der Waals surface area contributed by atoms with Crippen molar-refractivity contribution in [2.45, 2.75) is 54.3 Å². The predicted octanol–water partition coefficient (Wildman–Crippen LogP) is 4.78. The van der Waals surface area contributed by atoms with Gasteiger partial charge in [-0.15, -0.1) is 0 Å². The van der Waals surface area contributed by atoms with E-state index >= 15 is 0 Å². The number of benzene rings is 1. The van der Waals surface area contributed by atoms with Crippen molar-refractivity contribution in [3.63, 3.8) is 0 Å². The molecule has 1 unspecified atom stereocenters. The van der Waals surface area contributed by atoms with Crippen molar-refractivity contribution in [2.75, 3.05) is 25.0 Å². The molecule has 7 nitrogen and oxygen atoms in total. The second kappa shape index (κ2) is 10.3. The minimum Gasteiger partial charge on any atom is -0.492 e. The number of nitrogens with zero attached hydrogens (tertiary/aromatic N) is 3. The van der Waals surface area contributed by atoms with Crippen LogP contribution in [0.2, 0.25) is 0 Å². The molecule has 7 heteroatoms. The number of rotatable bonds is 6. The fourth-order valence-corrected chi connectivity index (χ4v) is 4.34. The SMILES string of the molecule is C/C=C(/C)Nc1cc(-c2ccc3c(c2)CN(C2N=C(C)NC(NCC)=C2C)CCO3)cnc1C. The fourth-order valence-electron chi connectivity index (χ4n) is 4.34. The first-order valence-corrected chi connectivity index (χ1v) is 12.0. The molecule has 4 rings (SSSR count). The Labute approximate surface area is 203 Å². The number of ether oxygens (including phenoxy) is 1. The van der Waals surface area contributed by atoms with Gasteiger partial charge < -0.3 is 20.7 Å². The van der Waals surface area contributed by atoms with Crippen LogP contribution in [0.1, 0.15) is 45.9 Å². The van der Waals surface area contributed by atoms with Gasteiger partial charge in [0.25, 0.3) is 0 Å². The summed E-state index contributed by atoms with van der Waals surface area (Å²) >= 11 is 0. The Hall–Kier alpha value is -3.32. The van der Waals surface area contributed by atoms with Crippen LogP contribution in [0.5, 0.6) is 5.75 Å². The third-order valence-corrected chi connectivity index (χ3v) is 6.36. The zero-order valence-corrected chi connectivity index (χ0v) is 21.1. The van der Waals surface area contributed by atoms with Gasteiger partial charge in [0, 0.05) is 48.2 Å². The largest absolute Gasteiger partial charge is 0.492 e. The van der Waals surface area contributed by atoms with Crippen LogP contribution in [0, 0.1) is 6.92 Å². The summed E-state index contributed by atoms with van der Waals surface area (Å²) in [6.07, 6.45) is 3.98. The maximum absolute atomic E-state index is 6.13. The summed E-state index contributed by atoms with van der Waals surface area (Å²) < 4.78 is 6.13. The monoisotopic (exact) mass is 460 g/mol. The first-order valence-electron chi connectivity index (χ1n) is 12.0. The maximum Gasteiger partial charge on any atom is 0.129 e. The topological polar surface area (TPSA) is 73.8 Å². The summed E-state index contributed by atoms with van der Waals surface area (Å²) in [6, 6.07) is 8.60. The van der Waals surface area contributed by atoms with Gasteiger partial charge in [0.15, 0.2) is 0 Å². The summed E-state index contributed by atoms with van der Waals surface area (Å²) in [6.45, 7) is 15.5. The number of pyridine rings is 1. The molecule has 0 radical (unpaired) electrons. The molecule has 3 heterocycles. The van der Waals surface area contributed by atoms with E-state index in [2.05, 4.69) is 76.9 Å². The number of allylic oxidation sites excluding steroid dienone is 2. The van der Waals surface area contributed by atoms with E-state index in [0.29, 0.717) is 6.61 Å². The normalized spacial score (nSPS) is 18.9. The molecule has 0 spiro atoms. The van der Waals surface area contributed by atoms with Crippen molar-refractivity contribution in [2.24, 2.45) is 4.99 Å². The Kier molecular flexibility index (Phi) is 7.22. The van der Waals surface area contributed by atoms with E-state index in [9.17, 15) is 0 Å². The molecule has 0 aliphatic carbocycles. The Balaban J connectivity index is 1.64. The predicted molar refractivity (Wildman–Crippen MR) is 140 cm³/mol. The number of aromatic nitrogens is 1. The van der Waals surface area contributed by atoms with Crippen LogP contribution < -0.4 is 20.7 Å². The molecule has 0 bridgehead atoms. The van der Waals surface area contributed by atoms with Gasteiger partial charge in [-0.1, -0.05) is 12.1 Å². The van der Waals surface area contributed by atoms with E-state index in [0.717, 1.165) is 65.2 Å². The highest BCUT2D eigenvalue weighted by atomic mass is 16.5. The van der Waals surface area contributed by atoms with Crippen LogP contribution >= 0.6 is 0 Å². The number of hydrogen-bond donors (Lipinski definition) is 3. The Morgan fingerprint density at radius 3 is 2.82 bits per heavy atom. The third kappa shape index (κ3) is 5.09. The van der Waals surface area contributed by atoms with Gasteiger partial charge in [0.1, 0.15) is 30.2 Å². The van der Waals surface area contributed by atoms with E-state index in [1.807, 2.05) is 27.0 Å². The van der Waals surface area contributed by atoms with E-state index < -0.39 is 0 Å². The van der Waals surface area contributed by atoms with Gasteiger partial charge in [-0.05, 0) is 65.3 Å². The molecular formula is C27H36N6O.